The lowest BCUT2D eigenvalue weighted by Gasteiger charge is -2.48. The molecule has 3 aromatic rings. The third kappa shape index (κ3) is 2.76. The van der Waals surface area contributed by atoms with Crippen LogP contribution in [0.2, 0.25) is 0 Å². The molecule has 3 saturated heterocycles. The first-order valence-corrected chi connectivity index (χ1v) is 16.1. The van der Waals surface area contributed by atoms with Gasteiger partial charge in [-0.15, -0.1) is 0 Å². The average Bonchev–Trinajstić information content (AvgIpc) is 3.86. The molecule has 1 N–H and O–H groups in total. The van der Waals surface area contributed by atoms with E-state index in [0.29, 0.717) is 25.8 Å². The molecule has 236 valence electrons. The van der Waals surface area contributed by atoms with Gasteiger partial charge in [0, 0.05) is 64.6 Å². The van der Waals surface area contributed by atoms with Crippen LogP contribution in [0, 0.1) is 0 Å². The third-order valence-corrected chi connectivity index (χ3v) is 12.6. The van der Waals surface area contributed by atoms with E-state index in [9.17, 15) is 14.4 Å². The highest BCUT2D eigenvalue weighted by molar-refractivity contribution is 5.92. The lowest BCUT2D eigenvalue weighted by Crippen LogP contribution is -2.62. The summed E-state index contributed by atoms with van der Waals surface area (Å²) in [5.41, 5.74) is 5.72. The van der Waals surface area contributed by atoms with Gasteiger partial charge in [-0.25, -0.2) is 4.79 Å². The van der Waals surface area contributed by atoms with E-state index in [4.69, 9.17) is 4.74 Å². The first-order chi connectivity index (χ1) is 22.1. The first kappa shape index (κ1) is 27.6. The highest BCUT2D eigenvalue weighted by Crippen LogP contribution is 2.69. The zero-order chi connectivity index (χ0) is 31.9. The molecule has 6 heterocycles. The number of para-hydroxylation sites is 3. The zero-order valence-electron chi connectivity index (χ0n) is 26.8. The number of anilines is 3. The zero-order valence-corrected chi connectivity index (χ0v) is 26.8. The number of nitrogens with zero attached hydrogens (tertiary/aromatic N) is 5. The summed E-state index contributed by atoms with van der Waals surface area (Å²) in [7, 11) is 9.36. The lowest BCUT2D eigenvalue weighted by atomic mass is 9.54. The Bertz CT molecular complexity index is 1880. The second-order valence-electron chi connectivity index (χ2n) is 14.0. The maximum absolute atomic E-state index is 13.9. The minimum atomic E-state index is -0.705. The molecule has 3 fully saturated rings. The van der Waals surface area contributed by atoms with Crippen molar-refractivity contribution in [3.63, 3.8) is 0 Å². The van der Waals surface area contributed by atoms with Crippen molar-refractivity contribution < 1.29 is 19.1 Å². The van der Waals surface area contributed by atoms with Crippen LogP contribution in [-0.2, 0) is 30.6 Å². The molecule has 0 aromatic heterocycles. The van der Waals surface area contributed by atoms with E-state index in [1.165, 1.54) is 7.11 Å². The van der Waals surface area contributed by atoms with E-state index in [2.05, 4.69) is 82.8 Å². The van der Waals surface area contributed by atoms with E-state index in [0.717, 1.165) is 39.3 Å². The molecule has 6 atom stereocenters. The SMILES string of the molecule is COC(=O)N1CC[C@]2([C@]34CC(=O)N(C)[C@H]3Nc3c([C@@]56CC(=O)N(C)[C@@H]5N(C)c5ccccc56)cccc34)c3ccccc3N(C)[C@H]12. The fourth-order valence-electron chi connectivity index (χ4n) is 11.0. The number of methoxy groups -OCH3 is 1. The van der Waals surface area contributed by atoms with Gasteiger partial charge in [-0.2, -0.15) is 0 Å². The number of nitrogens with one attached hydrogen (secondary N) is 1. The molecule has 10 heteroatoms. The topological polar surface area (TPSA) is 88.7 Å². The molecule has 0 radical (unpaired) electrons. The van der Waals surface area contributed by atoms with Gasteiger partial charge in [-0.1, -0.05) is 54.6 Å². The van der Waals surface area contributed by atoms with Crippen LogP contribution in [0.15, 0.2) is 66.7 Å². The largest absolute Gasteiger partial charge is 0.453 e. The quantitative estimate of drug-likeness (QED) is 0.469. The molecule has 0 saturated carbocycles. The van der Waals surface area contributed by atoms with Gasteiger partial charge in [0.2, 0.25) is 11.8 Å². The van der Waals surface area contributed by atoms with Crippen molar-refractivity contribution in [2.24, 2.45) is 0 Å². The molecule has 0 bridgehead atoms. The summed E-state index contributed by atoms with van der Waals surface area (Å²) < 4.78 is 5.34. The van der Waals surface area contributed by atoms with Crippen LogP contribution in [0.5, 0.6) is 0 Å². The molecule has 0 spiro atoms. The summed E-state index contributed by atoms with van der Waals surface area (Å²) >= 11 is 0. The van der Waals surface area contributed by atoms with Crippen molar-refractivity contribution in [1.29, 1.82) is 0 Å². The Kier molecular flexibility index (Phi) is 5.24. The minimum Gasteiger partial charge on any atom is -0.453 e. The molecule has 3 aromatic carbocycles. The smallest absolute Gasteiger partial charge is 0.411 e. The van der Waals surface area contributed by atoms with E-state index >= 15 is 0 Å². The van der Waals surface area contributed by atoms with Gasteiger partial charge in [0.05, 0.1) is 23.4 Å². The molecule has 9 rings (SSSR count). The number of carbonyl (C=O) groups is 3. The monoisotopic (exact) mass is 618 g/mol. The Morgan fingerprint density at radius 3 is 2.07 bits per heavy atom. The van der Waals surface area contributed by atoms with Crippen LogP contribution in [-0.4, -0.2) is 92.9 Å². The third-order valence-electron chi connectivity index (χ3n) is 12.6. The van der Waals surface area contributed by atoms with Crippen LogP contribution in [0.25, 0.3) is 0 Å². The summed E-state index contributed by atoms with van der Waals surface area (Å²) in [4.78, 5) is 51.0. The normalized spacial score (nSPS) is 33.2. The van der Waals surface area contributed by atoms with Gasteiger partial charge in [0.25, 0.3) is 0 Å². The lowest BCUT2D eigenvalue weighted by molar-refractivity contribution is -0.128. The van der Waals surface area contributed by atoms with Gasteiger partial charge in [-0.05, 0) is 40.8 Å². The van der Waals surface area contributed by atoms with E-state index in [1.54, 1.807) is 0 Å². The number of hydrogen-bond acceptors (Lipinski definition) is 7. The maximum Gasteiger partial charge on any atom is 0.411 e. The predicted octanol–water partition coefficient (Wildman–Crippen LogP) is 3.65. The summed E-state index contributed by atoms with van der Waals surface area (Å²) in [6.45, 7) is 0.515. The number of likely N-dealkylation sites (N-methyl/N-ethyl adjacent to an activating group) is 4. The number of carbonyl (C=O) groups excluding carboxylic acids is 3. The first-order valence-electron chi connectivity index (χ1n) is 16.1. The summed E-state index contributed by atoms with van der Waals surface area (Å²) in [6, 6.07) is 23.3. The predicted molar refractivity (Wildman–Crippen MR) is 174 cm³/mol. The maximum atomic E-state index is 13.9. The number of benzene rings is 3. The fraction of sp³-hybridized carbons (Fsp3) is 0.417. The molecular weight excluding hydrogens is 580 g/mol. The Hall–Kier alpha value is -4.73. The molecule has 6 aliphatic heterocycles. The number of hydrogen-bond donors (Lipinski definition) is 1. The van der Waals surface area contributed by atoms with Gasteiger partial charge >= 0.3 is 6.09 Å². The summed E-state index contributed by atoms with van der Waals surface area (Å²) in [5.74, 6) is 0.182. The van der Waals surface area contributed by atoms with Crippen molar-refractivity contribution in [3.05, 3.63) is 89.0 Å². The highest BCUT2D eigenvalue weighted by atomic mass is 16.5. The van der Waals surface area contributed by atoms with Gasteiger partial charge in [0.1, 0.15) is 18.5 Å². The van der Waals surface area contributed by atoms with Crippen molar-refractivity contribution in [2.75, 3.05) is 57.0 Å². The van der Waals surface area contributed by atoms with Crippen molar-refractivity contribution in [3.8, 4) is 0 Å². The highest BCUT2D eigenvalue weighted by Gasteiger charge is 2.75. The van der Waals surface area contributed by atoms with Gasteiger partial charge in [-0.3, -0.25) is 14.5 Å². The minimum absolute atomic E-state index is 0.0722. The van der Waals surface area contributed by atoms with Crippen molar-refractivity contribution in [1.82, 2.24) is 14.7 Å². The van der Waals surface area contributed by atoms with Crippen LogP contribution < -0.4 is 15.1 Å². The van der Waals surface area contributed by atoms with Crippen molar-refractivity contribution >= 4 is 35.0 Å². The fourth-order valence-corrected chi connectivity index (χ4v) is 11.0. The number of ether oxygens (including phenoxy) is 1. The van der Waals surface area contributed by atoms with E-state index < -0.39 is 16.2 Å². The number of fused-ring (bicyclic) bond motifs is 10. The Morgan fingerprint density at radius 2 is 1.33 bits per heavy atom. The molecule has 10 nitrogen and oxygen atoms in total. The molecule has 46 heavy (non-hydrogen) atoms. The van der Waals surface area contributed by atoms with Gasteiger partial charge in [0.15, 0.2) is 0 Å². The molecule has 3 amide bonds. The standard InChI is InChI=1S/C36H38N6O4/c1-38-25-15-8-6-11-21(25)34(19-27(43)41(4)31(34)38)23-13-10-14-24-29(23)37-30-36(24,20-28(44)40(30)3)35-17-18-42(33(45)46-5)32(35)39(2)26-16-9-7-12-22(26)35/h6-16,30-32,37H,17-20H2,1-5H3/t30-,31+,32-,34+,35+,36+/m1/s1. The molecule has 6 aliphatic rings. The van der Waals surface area contributed by atoms with Crippen molar-refractivity contribution in [2.45, 2.75) is 54.0 Å². The number of amides is 3. The second kappa shape index (κ2) is 8.74. The summed E-state index contributed by atoms with van der Waals surface area (Å²) in [5, 5.41) is 3.94. The second-order valence-corrected chi connectivity index (χ2v) is 14.0. The molecular formula is C36H38N6O4. The Morgan fingerprint density at radius 1 is 0.717 bits per heavy atom. The van der Waals surface area contributed by atoms with E-state index in [-0.39, 0.29) is 36.4 Å². The van der Waals surface area contributed by atoms with Crippen LogP contribution in [0.3, 0.4) is 0 Å². The van der Waals surface area contributed by atoms with Crippen LogP contribution >= 0.6 is 0 Å². The van der Waals surface area contributed by atoms with E-state index in [1.807, 2.05) is 41.9 Å². The average molecular weight is 619 g/mol. The number of likely N-dealkylation sites (tertiary alicyclic amines) is 3. The number of rotatable bonds is 2. The van der Waals surface area contributed by atoms with Gasteiger partial charge < -0.3 is 29.7 Å². The van der Waals surface area contributed by atoms with Crippen LogP contribution in [0.4, 0.5) is 21.9 Å². The Balaban J connectivity index is 1.34. The molecule has 0 aliphatic carbocycles. The summed E-state index contributed by atoms with van der Waals surface area (Å²) in [6.07, 6.45) is 0.0855. The molecule has 0 unspecified atom stereocenters. The Labute approximate surface area is 268 Å². The van der Waals surface area contributed by atoms with Crippen LogP contribution in [0.1, 0.15) is 41.5 Å².